The third kappa shape index (κ3) is 3.21. The molecule has 1 aromatic heterocycles. The standard InChI is InChI=1S/C12H8BrClN2O3/c13-9-2-4-12(17)15(7-9)6-8-1-3-10(14)5-11(8)16(18)19/h1-5,7H,6H2. The Morgan fingerprint density at radius 2 is 2.05 bits per heavy atom. The van der Waals surface area contributed by atoms with Crippen LogP contribution in [0.2, 0.25) is 5.02 Å². The molecule has 0 aliphatic rings. The van der Waals surface area contributed by atoms with Crippen molar-refractivity contribution in [3.05, 3.63) is 72.1 Å². The van der Waals surface area contributed by atoms with Gasteiger partial charge in [0.1, 0.15) is 0 Å². The Hall–Kier alpha value is -1.66. The van der Waals surface area contributed by atoms with Crippen molar-refractivity contribution >= 4 is 33.2 Å². The van der Waals surface area contributed by atoms with Crippen molar-refractivity contribution in [3.8, 4) is 0 Å². The quantitative estimate of drug-likeness (QED) is 0.635. The molecule has 0 bridgehead atoms. The Morgan fingerprint density at radius 3 is 2.74 bits per heavy atom. The summed E-state index contributed by atoms with van der Waals surface area (Å²) < 4.78 is 2.11. The first kappa shape index (κ1) is 13.8. The minimum absolute atomic E-state index is 0.0978. The first-order valence-electron chi connectivity index (χ1n) is 5.26. The van der Waals surface area contributed by atoms with Gasteiger partial charge in [-0.25, -0.2) is 0 Å². The third-order valence-electron chi connectivity index (χ3n) is 2.53. The first-order valence-corrected chi connectivity index (χ1v) is 6.43. The van der Waals surface area contributed by atoms with Gasteiger partial charge < -0.3 is 4.57 Å². The van der Waals surface area contributed by atoms with E-state index in [4.69, 9.17) is 11.6 Å². The summed E-state index contributed by atoms with van der Waals surface area (Å²) in [4.78, 5) is 22.1. The van der Waals surface area contributed by atoms with Crippen molar-refractivity contribution < 1.29 is 4.92 Å². The average Bonchev–Trinajstić information content (AvgIpc) is 2.35. The third-order valence-corrected chi connectivity index (χ3v) is 3.24. The van der Waals surface area contributed by atoms with E-state index in [0.29, 0.717) is 5.56 Å². The van der Waals surface area contributed by atoms with Gasteiger partial charge in [-0.05, 0) is 34.1 Å². The lowest BCUT2D eigenvalue weighted by Gasteiger charge is -2.07. The molecule has 19 heavy (non-hydrogen) atoms. The molecular weight excluding hydrogens is 336 g/mol. The topological polar surface area (TPSA) is 65.1 Å². The van der Waals surface area contributed by atoms with Crippen molar-refractivity contribution in [1.82, 2.24) is 4.57 Å². The molecule has 0 atom stereocenters. The molecular formula is C12H8BrClN2O3. The molecule has 0 spiro atoms. The minimum Gasteiger partial charge on any atom is -0.310 e. The molecule has 2 rings (SSSR count). The van der Waals surface area contributed by atoms with Crippen LogP contribution in [0.25, 0.3) is 0 Å². The molecule has 1 aromatic carbocycles. The molecule has 0 saturated carbocycles. The van der Waals surface area contributed by atoms with Crippen LogP contribution in [-0.2, 0) is 6.54 Å². The van der Waals surface area contributed by atoms with E-state index in [1.807, 2.05) is 0 Å². The molecule has 0 saturated heterocycles. The highest BCUT2D eigenvalue weighted by Gasteiger charge is 2.14. The molecule has 5 nitrogen and oxygen atoms in total. The van der Waals surface area contributed by atoms with Gasteiger partial charge in [0.05, 0.1) is 11.5 Å². The Labute approximate surface area is 121 Å². The molecule has 0 unspecified atom stereocenters. The SMILES string of the molecule is O=c1ccc(Br)cn1Cc1ccc(Cl)cc1[N+](=O)[O-]. The number of benzene rings is 1. The Kier molecular flexibility index (Phi) is 4.01. The zero-order valence-corrected chi connectivity index (χ0v) is 11.9. The van der Waals surface area contributed by atoms with Crippen molar-refractivity contribution in [2.45, 2.75) is 6.54 Å². The highest BCUT2D eigenvalue weighted by atomic mass is 79.9. The van der Waals surface area contributed by atoms with Gasteiger partial charge in [-0.3, -0.25) is 14.9 Å². The highest BCUT2D eigenvalue weighted by Crippen LogP contribution is 2.23. The summed E-state index contributed by atoms with van der Waals surface area (Å²) in [5, 5.41) is 11.3. The molecule has 7 heteroatoms. The van der Waals surface area contributed by atoms with E-state index in [9.17, 15) is 14.9 Å². The number of rotatable bonds is 3. The Bertz CT molecular complexity index is 700. The van der Waals surface area contributed by atoms with Crippen LogP contribution in [0.1, 0.15) is 5.56 Å². The van der Waals surface area contributed by atoms with Crippen LogP contribution in [0.15, 0.2) is 45.8 Å². The second kappa shape index (κ2) is 5.54. The fourth-order valence-electron chi connectivity index (χ4n) is 1.65. The lowest BCUT2D eigenvalue weighted by molar-refractivity contribution is -0.385. The van der Waals surface area contributed by atoms with Gasteiger partial charge in [0, 0.05) is 33.4 Å². The monoisotopic (exact) mass is 342 g/mol. The van der Waals surface area contributed by atoms with E-state index in [2.05, 4.69) is 15.9 Å². The smallest absolute Gasteiger partial charge is 0.275 e. The van der Waals surface area contributed by atoms with Crippen LogP contribution in [0, 0.1) is 10.1 Å². The number of nitrogens with zero attached hydrogens (tertiary/aromatic N) is 2. The molecule has 0 aliphatic carbocycles. The maximum atomic E-state index is 11.7. The lowest BCUT2D eigenvalue weighted by Crippen LogP contribution is -2.19. The van der Waals surface area contributed by atoms with E-state index in [1.165, 1.54) is 16.7 Å². The number of halogens is 2. The van der Waals surface area contributed by atoms with E-state index in [0.717, 1.165) is 4.47 Å². The summed E-state index contributed by atoms with van der Waals surface area (Å²) in [5.41, 5.74) is 0.0985. The summed E-state index contributed by atoms with van der Waals surface area (Å²) in [6.45, 7) is 0.117. The van der Waals surface area contributed by atoms with Crippen LogP contribution < -0.4 is 5.56 Å². The van der Waals surface area contributed by atoms with Crippen molar-refractivity contribution in [2.75, 3.05) is 0 Å². The normalized spacial score (nSPS) is 10.4. The van der Waals surface area contributed by atoms with Crippen molar-refractivity contribution in [2.24, 2.45) is 0 Å². The number of hydrogen-bond acceptors (Lipinski definition) is 3. The summed E-state index contributed by atoms with van der Waals surface area (Å²) in [6, 6.07) is 7.40. The summed E-state index contributed by atoms with van der Waals surface area (Å²) in [5.74, 6) is 0. The minimum atomic E-state index is -0.510. The number of pyridine rings is 1. The molecule has 1 heterocycles. The predicted molar refractivity (Wildman–Crippen MR) is 75.6 cm³/mol. The van der Waals surface area contributed by atoms with Gasteiger partial charge in [-0.15, -0.1) is 0 Å². The van der Waals surface area contributed by atoms with Gasteiger partial charge in [-0.2, -0.15) is 0 Å². The predicted octanol–water partition coefficient (Wildman–Crippen LogP) is 3.22. The van der Waals surface area contributed by atoms with Crippen LogP contribution >= 0.6 is 27.5 Å². The largest absolute Gasteiger partial charge is 0.310 e. The van der Waals surface area contributed by atoms with E-state index in [1.54, 1.807) is 24.4 Å². The van der Waals surface area contributed by atoms with Crippen LogP contribution in [0.3, 0.4) is 0 Å². The second-order valence-electron chi connectivity index (χ2n) is 3.84. The molecule has 0 fully saturated rings. The van der Waals surface area contributed by atoms with Crippen LogP contribution in [0.4, 0.5) is 5.69 Å². The zero-order valence-electron chi connectivity index (χ0n) is 9.55. The number of aromatic nitrogens is 1. The van der Waals surface area contributed by atoms with E-state index in [-0.39, 0.29) is 22.8 Å². The first-order chi connectivity index (χ1) is 8.97. The zero-order chi connectivity index (χ0) is 14.0. The maximum absolute atomic E-state index is 11.7. The molecule has 0 N–H and O–H groups in total. The summed E-state index contributed by atoms with van der Waals surface area (Å²) >= 11 is 8.99. The van der Waals surface area contributed by atoms with Gasteiger partial charge >= 0.3 is 0 Å². The van der Waals surface area contributed by atoms with Gasteiger partial charge in [-0.1, -0.05) is 11.6 Å². The molecule has 0 radical (unpaired) electrons. The maximum Gasteiger partial charge on any atom is 0.275 e. The van der Waals surface area contributed by atoms with Crippen molar-refractivity contribution in [1.29, 1.82) is 0 Å². The van der Waals surface area contributed by atoms with Crippen LogP contribution in [-0.4, -0.2) is 9.49 Å². The van der Waals surface area contributed by atoms with Gasteiger partial charge in [0.25, 0.3) is 11.2 Å². The lowest BCUT2D eigenvalue weighted by atomic mass is 10.2. The number of nitro groups is 1. The van der Waals surface area contributed by atoms with Gasteiger partial charge in [0.15, 0.2) is 0 Å². The Balaban J connectivity index is 2.46. The molecule has 2 aromatic rings. The Morgan fingerprint density at radius 1 is 1.32 bits per heavy atom. The number of nitro benzene ring substituents is 1. The molecule has 0 amide bonds. The highest BCUT2D eigenvalue weighted by molar-refractivity contribution is 9.10. The fraction of sp³-hybridized carbons (Fsp3) is 0.0833. The molecule has 0 aliphatic heterocycles. The summed E-state index contributed by atoms with van der Waals surface area (Å²) in [6.07, 6.45) is 1.58. The fourth-order valence-corrected chi connectivity index (χ4v) is 2.20. The van der Waals surface area contributed by atoms with Gasteiger partial charge in [0.2, 0.25) is 0 Å². The van der Waals surface area contributed by atoms with E-state index >= 15 is 0 Å². The average molecular weight is 344 g/mol. The van der Waals surface area contributed by atoms with Crippen LogP contribution in [0.5, 0.6) is 0 Å². The number of hydrogen-bond donors (Lipinski definition) is 0. The van der Waals surface area contributed by atoms with E-state index < -0.39 is 4.92 Å². The molecule has 98 valence electrons. The van der Waals surface area contributed by atoms with Crippen molar-refractivity contribution in [3.63, 3.8) is 0 Å². The summed E-state index contributed by atoms with van der Waals surface area (Å²) in [7, 11) is 0. The second-order valence-corrected chi connectivity index (χ2v) is 5.20.